The van der Waals surface area contributed by atoms with E-state index in [1.807, 2.05) is 0 Å². The number of rotatable bonds is 14. The van der Waals surface area contributed by atoms with Gasteiger partial charge in [-0.1, -0.05) is 65.2 Å². The predicted molar refractivity (Wildman–Crippen MR) is 96.7 cm³/mol. The maximum atomic E-state index is 12.3. The third-order valence-corrected chi connectivity index (χ3v) is 4.17. The summed E-state index contributed by atoms with van der Waals surface area (Å²) in [6.07, 6.45) is 7.86. The monoisotopic (exact) mass is 357 g/mol. The summed E-state index contributed by atoms with van der Waals surface area (Å²) in [7, 11) is 0. The second-order valence-corrected chi connectivity index (χ2v) is 6.49. The van der Waals surface area contributed by atoms with Crippen molar-refractivity contribution in [3.63, 3.8) is 0 Å². The van der Waals surface area contributed by atoms with Gasteiger partial charge in [0.2, 0.25) is 11.8 Å². The topological polar surface area (TPSA) is 94.9 Å². The molecule has 0 bridgehead atoms. The van der Waals surface area contributed by atoms with Crippen LogP contribution in [0, 0.1) is 0 Å². The van der Waals surface area contributed by atoms with Gasteiger partial charge in [-0.3, -0.25) is 14.4 Å². The highest BCUT2D eigenvalue weighted by molar-refractivity contribution is 6.11. The van der Waals surface area contributed by atoms with Crippen molar-refractivity contribution in [1.29, 1.82) is 0 Å². The molecule has 25 heavy (non-hydrogen) atoms. The standard InChI is InChI=1S/C19H35NO5/c1-3-5-7-9-11-13-17(23)20(19(25)16(22)15-21)18(24)14-12-10-8-6-4-2/h16,21-22H,3-15H2,1-2H3. The Morgan fingerprint density at radius 3 is 1.52 bits per heavy atom. The van der Waals surface area contributed by atoms with Crippen LogP contribution in [0.5, 0.6) is 0 Å². The summed E-state index contributed by atoms with van der Waals surface area (Å²) < 4.78 is 0. The van der Waals surface area contributed by atoms with Crippen LogP contribution in [0.1, 0.15) is 90.9 Å². The molecule has 0 fully saturated rings. The van der Waals surface area contributed by atoms with Crippen molar-refractivity contribution in [1.82, 2.24) is 4.90 Å². The Bertz CT molecular complexity index is 371. The molecule has 3 amide bonds. The SMILES string of the molecule is CCCCCCCC(=O)N(C(=O)CCCCCCC)C(=O)C(O)CO. The minimum Gasteiger partial charge on any atom is -0.393 e. The molecule has 0 saturated carbocycles. The first-order valence-corrected chi connectivity index (χ1v) is 9.68. The zero-order valence-corrected chi connectivity index (χ0v) is 15.8. The lowest BCUT2D eigenvalue weighted by Gasteiger charge is -2.21. The van der Waals surface area contributed by atoms with Crippen LogP contribution in [-0.4, -0.2) is 45.5 Å². The average molecular weight is 357 g/mol. The van der Waals surface area contributed by atoms with Crippen molar-refractivity contribution >= 4 is 17.7 Å². The lowest BCUT2D eigenvalue weighted by molar-refractivity contribution is -0.159. The Morgan fingerprint density at radius 2 is 1.16 bits per heavy atom. The fourth-order valence-electron chi connectivity index (χ4n) is 2.60. The summed E-state index contributed by atoms with van der Waals surface area (Å²) in [4.78, 5) is 37.3. The molecule has 0 rings (SSSR count). The number of carbonyl (C=O) groups is 3. The Hall–Kier alpha value is -1.27. The van der Waals surface area contributed by atoms with Crippen LogP contribution in [0.3, 0.4) is 0 Å². The van der Waals surface area contributed by atoms with Crippen molar-refractivity contribution < 1.29 is 24.6 Å². The zero-order chi connectivity index (χ0) is 19.1. The molecular formula is C19H35NO5. The summed E-state index contributed by atoms with van der Waals surface area (Å²) in [5, 5.41) is 18.5. The molecule has 0 aliphatic carbocycles. The average Bonchev–Trinajstić information content (AvgIpc) is 2.60. The Morgan fingerprint density at radius 1 is 0.760 bits per heavy atom. The van der Waals surface area contributed by atoms with Gasteiger partial charge in [-0.15, -0.1) is 0 Å². The maximum absolute atomic E-state index is 12.3. The van der Waals surface area contributed by atoms with Crippen LogP contribution in [0.25, 0.3) is 0 Å². The van der Waals surface area contributed by atoms with Crippen molar-refractivity contribution in [2.24, 2.45) is 0 Å². The van der Waals surface area contributed by atoms with E-state index in [1.165, 1.54) is 0 Å². The van der Waals surface area contributed by atoms with Gasteiger partial charge in [0.05, 0.1) is 6.61 Å². The number of imide groups is 3. The number of hydrogen-bond acceptors (Lipinski definition) is 5. The lowest BCUT2D eigenvalue weighted by atomic mass is 10.1. The van der Waals surface area contributed by atoms with Crippen molar-refractivity contribution in [2.45, 2.75) is 97.0 Å². The number of aliphatic hydroxyl groups excluding tert-OH is 2. The molecule has 0 aromatic heterocycles. The lowest BCUT2D eigenvalue weighted by Crippen LogP contribution is -2.47. The van der Waals surface area contributed by atoms with E-state index in [0.717, 1.165) is 51.4 Å². The molecule has 0 aliphatic rings. The minimum absolute atomic E-state index is 0.106. The van der Waals surface area contributed by atoms with Crippen LogP contribution in [0.2, 0.25) is 0 Å². The molecule has 0 heterocycles. The summed E-state index contributed by atoms with van der Waals surface area (Å²) in [5.41, 5.74) is 0. The van der Waals surface area contributed by atoms with Gasteiger partial charge in [-0.05, 0) is 12.8 Å². The first kappa shape index (κ1) is 23.7. The van der Waals surface area contributed by atoms with Crippen molar-refractivity contribution in [3.05, 3.63) is 0 Å². The second kappa shape index (κ2) is 15.0. The van der Waals surface area contributed by atoms with E-state index >= 15 is 0 Å². The summed E-state index contributed by atoms with van der Waals surface area (Å²) >= 11 is 0. The Kier molecular flexibility index (Phi) is 14.3. The summed E-state index contributed by atoms with van der Waals surface area (Å²) in [5.74, 6) is -2.17. The van der Waals surface area contributed by atoms with Crippen LogP contribution in [0.4, 0.5) is 0 Å². The Labute approximate surface area is 151 Å². The van der Waals surface area contributed by atoms with Crippen LogP contribution >= 0.6 is 0 Å². The third kappa shape index (κ3) is 10.3. The number of unbranched alkanes of at least 4 members (excludes halogenated alkanes) is 8. The van der Waals surface area contributed by atoms with Crippen LogP contribution < -0.4 is 0 Å². The molecule has 0 radical (unpaired) electrons. The highest BCUT2D eigenvalue weighted by Gasteiger charge is 2.31. The van der Waals surface area contributed by atoms with E-state index in [-0.39, 0.29) is 12.8 Å². The molecule has 2 N–H and O–H groups in total. The van der Waals surface area contributed by atoms with E-state index in [9.17, 15) is 19.5 Å². The Balaban J connectivity index is 4.60. The third-order valence-electron chi connectivity index (χ3n) is 4.17. The maximum Gasteiger partial charge on any atom is 0.267 e. The smallest absolute Gasteiger partial charge is 0.267 e. The molecular weight excluding hydrogens is 322 g/mol. The van der Waals surface area contributed by atoms with Gasteiger partial charge in [0.15, 0.2) is 6.10 Å². The first-order chi connectivity index (χ1) is 12.0. The van der Waals surface area contributed by atoms with Gasteiger partial charge in [0.25, 0.3) is 5.91 Å². The molecule has 0 aromatic carbocycles. The minimum atomic E-state index is -1.73. The molecule has 146 valence electrons. The summed E-state index contributed by atoms with van der Waals surface area (Å²) in [6, 6.07) is 0. The molecule has 1 atom stereocenters. The van der Waals surface area contributed by atoms with Crippen LogP contribution in [0.15, 0.2) is 0 Å². The van der Waals surface area contributed by atoms with Gasteiger partial charge < -0.3 is 10.2 Å². The van der Waals surface area contributed by atoms with Gasteiger partial charge in [0, 0.05) is 12.8 Å². The highest BCUT2D eigenvalue weighted by atomic mass is 16.3. The number of carbonyl (C=O) groups excluding carboxylic acids is 3. The van der Waals surface area contributed by atoms with Gasteiger partial charge in [-0.25, -0.2) is 4.90 Å². The van der Waals surface area contributed by atoms with Crippen molar-refractivity contribution in [2.75, 3.05) is 6.61 Å². The molecule has 0 spiro atoms. The van der Waals surface area contributed by atoms with Gasteiger partial charge in [-0.2, -0.15) is 0 Å². The predicted octanol–water partition coefficient (Wildman–Crippen LogP) is 2.94. The van der Waals surface area contributed by atoms with E-state index in [0.29, 0.717) is 17.7 Å². The fourth-order valence-corrected chi connectivity index (χ4v) is 2.60. The van der Waals surface area contributed by atoms with E-state index in [4.69, 9.17) is 5.11 Å². The zero-order valence-electron chi connectivity index (χ0n) is 15.8. The normalized spacial score (nSPS) is 12.0. The van der Waals surface area contributed by atoms with E-state index in [1.54, 1.807) is 0 Å². The summed E-state index contributed by atoms with van der Waals surface area (Å²) in [6.45, 7) is 3.39. The van der Waals surface area contributed by atoms with E-state index < -0.39 is 30.4 Å². The quantitative estimate of drug-likeness (QED) is 0.466. The number of nitrogens with zero attached hydrogens (tertiary/aromatic N) is 1. The molecule has 1 unspecified atom stereocenters. The molecule has 0 aliphatic heterocycles. The number of hydrogen-bond donors (Lipinski definition) is 2. The van der Waals surface area contributed by atoms with Gasteiger partial charge in [0.1, 0.15) is 0 Å². The van der Waals surface area contributed by atoms with Crippen molar-refractivity contribution in [3.8, 4) is 0 Å². The fraction of sp³-hybridized carbons (Fsp3) is 0.842. The van der Waals surface area contributed by atoms with E-state index in [2.05, 4.69) is 13.8 Å². The molecule has 6 heteroatoms. The van der Waals surface area contributed by atoms with Crippen LogP contribution in [-0.2, 0) is 14.4 Å². The number of amides is 3. The highest BCUT2D eigenvalue weighted by Crippen LogP contribution is 2.12. The largest absolute Gasteiger partial charge is 0.393 e. The molecule has 0 aromatic rings. The number of aliphatic hydroxyl groups is 2. The second-order valence-electron chi connectivity index (χ2n) is 6.49. The first-order valence-electron chi connectivity index (χ1n) is 9.68. The van der Waals surface area contributed by atoms with Gasteiger partial charge >= 0.3 is 0 Å². The molecule has 0 saturated heterocycles. The molecule has 6 nitrogen and oxygen atoms in total.